The molecular formula is C26H29N3O4. The van der Waals surface area contributed by atoms with E-state index < -0.39 is 0 Å². The second kappa shape index (κ2) is 10.4. The van der Waals surface area contributed by atoms with Crippen molar-refractivity contribution in [3.8, 4) is 17.2 Å². The van der Waals surface area contributed by atoms with Gasteiger partial charge in [-0.2, -0.15) is 0 Å². The van der Waals surface area contributed by atoms with Crippen LogP contribution in [0, 0.1) is 0 Å². The Hall–Kier alpha value is -3.58. The van der Waals surface area contributed by atoms with E-state index in [0.717, 1.165) is 23.6 Å². The zero-order valence-corrected chi connectivity index (χ0v) is 19.2. The molecule has 1 unspecified atom stereocenters. The van der Waals surface area contributed by atoms with Gasteiger partial charge < -0.3 is 19.1 Å². The number of amides is 1. The van der Waals surface area contributed by atoms with E-state index in [1.54, 1.807) is 32.5 Å². The number of likely N-dealkylation sites (N-methyl/N-ethyl adjacent to an activating group) is 1. The largest absolute Gasteiger partial charge is 0.496 e. The SMILES string of the molecule is COc1ccccc1C1CN(C(=O)c2cccc(OC)c2OCc2ccccn2)CCN1C. The number of aromatic nitrogens is 1. The molecule has 33 heavy (non-hydrogen) atoms. The Morgan fingerprint density at radius 2 is 1.73 bits per heavy atom. The van der Waals surface area contributed by atoms with Gasteiger partial charge in [-0.25, -0.2) is 0 Å². The first kappa shape index (κ1) is 22.6. The van der Waals surface area contributed by atoms with Crippen LogP contribution >= 0.6 is 0 Å². The normalized spacial score (nSPS) is 16.3. The van der Waals surface area contributed by atoms with Crippen LogP contribution in [0.4, 0.5) is 0 Å². The van der Waals surface area contributed by atoms with E-state index in [2.05, 4.69) is 23.0 Å². The summed E-state index contributed by atoms with van der Waals surface area (Å²) in [5.41, 5.74) is 2.32. The number of nitrogens with zero attached hydrogens (tertiary/aromatic N) is 3. The molecule has 7 heteroatoms. The molecule has 1 amide bonds. The van der Waals surface area contributed by atoms with Crippen molar-refractivity contribution in [3.05, 3.63) is 83.7 Å². The number of rotatable bonds is 7. The van der Waals surface area contributed by atoms with Gasteiger partial charge in [-0.1, -0.05) is 30.3 Å². The molecule has 2 heterocycles. The van der Waals surface area contributed by atoms with Crippen LogP contribution in [0.5, 0.6) is 17.2 Å². The Balaban J connectivity index is 1.59. The molecule has 1 fully saturated rings. The standard InChI is InChI=1S/C26H29N3O4/c1-28-15-16-29(17-22(28)20-10-4-5-12-23(20)31-2)26(30)21-11-8-13-24(32-3)25(21)33-18-19-9-6-7-14-27-19/h4-14,22H,15-18H2,1-3H3. The number of methoxy groups -OCH3 is 2. The molecular weight excluding hydrogens is 418 g/mol. The average Bonchev–Trinajstić information content (AvgIpc) is 2.87. The minimum atomic E-state index is -0.0853. The number of carbonyl (C=O) groups excluding carboxylic acids is 1. The van der Waals surface area contributed by atoms with E-state index in [4.69, 9.17) is 14.2 Å². The van der Waals surface area contributed by atoms with Gasteiger partial charge in [-0.15, -0.1) is 0 Å². The van der Waals surface area contributed by atoms with E-state index in [-0.39, 0.29) is 18.6 Å². The third kappa shape index (κ3) is 4.93. The summed E-state index contributed by atoms with van der Waals surface area (Å²) in [5, 5.41) is 0. The van der Waals surface area contributed by atoms with Crippen LogP contribution in [0.1, 0.15) is 27.7 Å². The fourth-order valence-corrected chi connectivity index (χ4v) is 4.13. The predicted octanol–water partition coefficient (Wildman–Crippen LogP) is 3.81. The molecule has 0 bridgehead atoms. The summed E-state index contributed by atoms with van der Waals surface area (Å²) < 4.78 is 17.1. The van der Waals surface area contributed by atoms with E-state index >= 15 is 0 Å². The summed E-state index contributed by atoms with van der Waals surface area (Å²) in [6.45, 7) is 2.17. The Kier molecular flexibility index (Phi) is 7.10. The summed E-state index contributed by atoms with van der Waals surface area (Å²) in [6, 6.07) is 19.0. The minimum Gasteiger partial charge on any atom is -0.496 e. The number of hydrogen-bond donors (Lipinski definition) is 0. The van der Waals surface area contributed by atoms with Gasteiger partial charge in [0.25, 0.3) is 5.91 Å². The molecule has 0 saturated carbocycles. The molecule has 1 aliphatic rings. The lowest BCUT2D eigenvalue weighted by molar-refractivity contribution is 0.0537. The van der Waals surface area contributed by atoms with Crippen LogP contribution in [0.25, 0.3) is 0 Å². The molecule has 0 radical (unpaired) electrons. The zero-order chi connectivity index (χ0) is 23.2. The van der Waals surface area contributed by atoms with Crippen molar-refractivity contribution < 1.29 is 19.0 Å². The van der Waals surface area contributed by atoms with E-state index in [0.29, 0.717) is 30.2 Å². The molecule has 1 saturated heterocycles. The zero-order valence-electron chi connectivity index (χ0n) is 19.2. The number of piperazine rings is 1. The van der Waals surface area contributed by atoms with Gasteiger partial charge in [-0.05, 0) is 37.4 Å². The number of hydrogen-bond acceptors (Lipinski definition) is 6. The first-order valence-electron chi connectivity index (χ1n) is 10.9. The van der Waals surface area contributed by atoms with E-state index in [9.17, 15) is 4.79 Å². The maximum atomic E-state index is 13.7. The van der Waals surface area contributed by atoms with Crippen molar-refractivity contribution in [2.45, 2.75) is 12.6 Å². The maximum absolute atomic E-state index is 13.7. The van der Waals surface area contributed by atoms with Crippen molar-refractivity contribution >= 4 is 5.91 Å². The van der Waals surface area contributed by atoms with Gasteiger partial charge >= 0.3 is 0 Å². The highest BCUT2D eigenvalue weighted by Gasteiger charge is 2.32. The Morgan fingerprint density at radius 3 is 2.48 bits per heavy atom. The molecule has 0 N–H and O–H groups in total. The first-order chi connectivity index (χ1) is 16.1. The first-order valence-corrected chi connectivity index (χ1v) is 10.9. The molecule has 4 rings (SSSR count). The maximum Gasteiger partial charge on any atom is 0.257 e. The van der Waals surface area contributed by atoms with E-state index in [1.807, 2.05) is 47.4 Å². The number of carbonyl (C=O) groups is 1. The smallest absolute Gasteiger partial charge is 0.257 e. The van der Waals surface area contributed by atoms with Crippen molar-refractivity contribution in [2.24, 2.45) is 0 Å². The van der Waals surface area contributed by atoms with Gasteiger partial charge in [0, 0.05) is 31.4 Å². The molecule has 1 aromatic heterocycles. The molecule has 3 aromatic rings. The van der Waals surface area contributed by atoms with Crippen molar-refractivity contribution in [2.75, 3.05) is 40.9 Å². The molecule has 1 aliphatic heterocycles. The van der Waals surface area contributed by atoms with Crippen LogP contribution in [0.2, 0.25) is 0 Å². The predicted molar refractivity (Wildman–Crippen MR) is 126 cm³/mol. The molecule has 7 nitrogen and oxygen atoms in total. The van der Waals surface area contributed by atoms with Crippen molar-refractivity contribution in [1.82, 2.24) is 14.8 Å². The summed E-state index contributed by atoms with van der Waals surface area (Å²) in [5.74, 6) is 1.69. The van der Waals surface area contributed by atoms with Gasteiger partial charge in [-0.3, -0.25) is 14.7 Å². The summed E-state index contributed by atoms with van der Waals surface area (Å²) in [6.07, 6.45) is 1.72. The van der Waals surface area contributed by atoms with Crippen LogP contribution in [0.3, 0.4) is 0 Å². The molecule has 0 aliphatic carbocycles. The number of benzene rings is 2. The lowest BCUT2D eigenvalue weighted by atomic mass is 10.0. The average molecular weight is 448 g/mol. The summed E-state index contributed by atoms with van der Waals surface area (Å²) in [7, 11) is 5.32. The number of para-hydroxylation sites is 2. The Morgan fingerprint density at radius 1 is 0.970 bits per heavy atom. The van der Waals surface area contributed by atoms with E-state index in [1.165, 1.54) is 0 Å². The second-order valence-corrected chi connectivity index (χ2v) is 7.94. The van der Waals surface area contributed by atoms with Crippen LogP contribution in [-0.2, 0) is 6.61 Å². The fourth-order valence-electron chi connectivity index (χ4n) is 4.13. The van der Waals surface area contributed by atoms with Crippen LogP contribution in [0.15, 0.2) is 66.9 Å². The molecule has 0 spiro atoms. The van der Waals surface area contributed by atoms with Crippen LogP contribution in [-0.4, -0.2) is 61.6 Å². The summed E-state index contributed by atoms with van der Waals surface area (Å²) in [4.78, 5) is 22.1. The monoisotopic (exact) mass is 447 g/mol. The fraction of sp³-hybridized carbons (Fsp3) is 0.308. The summed E-state index contributed by atoms with van der Waals surface area (Å²) >= 11 is 0. The topological polar surface area (TPSA) is 64.1 Å². The second-order valence-electron chi connectivity index (χ2n) is 7.94. The van der Waals surface area contributed by atoms with Crippen molar-refractivity contribution in [1.29, 1.82) is 0 Å². The number of pyridine rings is 1. The van der Waals surface area contributed by atoms with Gasteiger partial charge in [0.05, 0.1) is 31.5 Å². The highest BCUT2D eigenvalue weighted by molar-refractivity contribution is 5.98. The van der Waals surface area contributed by atoms with Gasteiger partial charge in [0.2, 0.25) is 0 Å². The third-order valence-electron chi connectivity index (χ3n) is 5.95. The molecule has 2 aromatic carbocycles. The molecule has 1 atom stereocenters. The van der Waals surface area contributed by atoms with Crippen molar-refractivity contribution in [3.63, 3.8) is 0 Å². The Bertz CT molecular complexity index is 1090. The Labute approximate surface area is 194 Å². The highest BCUT2D eigenvalue weighted by Crippen LogP contribution is 2.35. The third-order valence-corrected chi connectivity index (χ3v) is 5.95. The van der Waals surface area contributed by atoms with Gasteiger partial charge in [0.15, 0.2) is 11.5 Å². The van der Waals surface area contributed by atoms with Gasteiger partial charge in [0.1, 0.15) is 12.4 Å². The highest BCUT2D eigenvalue weighted by atomic mass is 16.5. The quantitative estimate of drug-likeness (QED) is 0.549. The number of ether oxygens (including phenoxy) is 3. The lowest BCUT2D eigenvalue weighted by Crippen LogP contribution is -2.49. The van der Waals surface area contributed by atoms with Crippen LogP contribution < -0.4 is 14.2 Å². The molecule has 172 valence electrons. The lowest BCUT2D eigenvalue weighted by Gasteiger charge is -2.40. The minimum absolute atomic E-state index is 0.0299.